The molecule has 0 bridgehead atoms. The van der Waals surface area contributed by atoms with E-state index in [-0.39, 0.29) is 11.6 Å². The van der Waals surface area contributed by atoms with Crippen LogP contribution in [-0.2, 0) is 9.53 Å². The number of anilines is 2. The third-order valence-electron chi connectivity index (χ3n) is 2.79. The number of nitrogens with one attached hydrogen (secondary N) is 1. The van der Waals surface area contributed by atoms with Crippen molar-refractivity contribution < 1.29 is 13.9 Å². The van der Waals surface area contributed by atoms with Crippen molar-refractivity contribution in [3.63, 3.8) is 0 Å². The smallest absolute Gasteiger partial charge is 0.224 e. The van der Waals surface area contributed by atoms with Crippen molar-refractivity contribution in [2.45, 2.75) is 18.1 Å². The number of rotatable bonds is 6. The maximum absolute atomic E-state index is 12.9. The van der Waals surface area contributed by atoms with Crippen LogP contribution >= 0.6 is 11.8 Å². The lowest BCUT2D eigenvalue weighted by molar-refractivity contribution is -0.116. The second-order valence-corrected chi connectivity index (χ2v) is 5.83. The van der Waals surface area contributed by atoms with Crippen LogP contribution in [0.2, 0.25) is 0 Å². The molecule has 0 aliphatic carbocycles. The maximum Gasteiger partial charge on any atom is 0.224 e. The molecule has 0 spiro atoms. The van der Waals surface area contributed by atoms with E-state index in [1.54, 1.807) is 0 Å². The van der Waals surface area contributed by atoms with Crippen molar-refractivity contribution in [1.29, 1.82) is 0 Å². The Bertz CT molecular complexity index is 452. The van der Waals surface area contributed by atoms with Gasteiger partial charge in [-0.1, -0.05) is 0 Å². The summed E-state index contributed by atoms with van der Waals surface area (Å²) in [4.78, 5) is 11.7. The van der Waals surface area contributed by atoms with E-state index < -0.39 is 5.82 Å². The van der Waals surface area contributed by atoms with Crippen LogP contribution in [0.15, 0.2) is 18.2 Å². The molecule has 3 N–H and O–H groups in total. The quantitative estimate of drug-likeness (QED) is 0.621. The van der Waals surface area contributed by atoms with Gasteiger partial charge < -0.3 is 15.8 Å². The van der Waals surface area contributed by atoms with Gasteiger partial charge in [0.15, 0.2) is 0 Å². The normalized spacial score (nSPS) is 15.0. The fraction of sp³-hybridized carbons (Fsp3) is 0.462. The number of carbonyl (C=O) groups excluding carboxylic acids is 1. The van der Waals surface area contributed by atoms with Crippen LogP contribution in [-0.4, -0.2) is 30.1 Å². The number of halogens is 1. The molecule has 0 radical (unpaired) electrons. The van der Waals surface area contributed by atoms with Gasteiger partial charge >= 0.3 is 0 Å². The monoisotopic (exact) mass is 284 g/mol. The van der Waals surface area contributed by atoms with Crippen LogP contribution < -0.4 is 11.1 Å². The number of nitrogen functional groups attached to an aromatic ring is 1. The first-order chi connectivity index (χ1) is 9.15. The lowest BCUT2D eigenvalue weighted by Gasteiger charge is -2.25. The predicted octanol–water partition coefficient (Wildman–Crippen LogP) is 2.26. The first-order valence-corrected chi connectivity index (χ1v) is 7.24. The van der Waals surface area contributed by atoms with E-state index in [0.29, 0.717) is 17.4 Å². The summed E-state index contributed by atoms with van der Waals surface area (Å²) in [6.07, 6.45) is 1.28. The minimum atomic E-state index is -0.475. The third kappa shape index (κ3) is 4.40. The number of thioether (sulfide) groups is 1. The van der Waals surface area contributed by atoms with Crippen LogP contribution in [0.3, 0.4) is 0 Å². The van der Waals surface area contributed by atoms with Gasteiger partial charge in [0.1, 0.15) is 5.82 Å². The molecule has 1 fully saturated rings. The average Bonchev–Trinajstić information content (AvgIpc) is 2.31. The number of hydrogen-bond donors (Lipinski definition) is 2. The van der Waals surface area contributed by atoms with E-state index >= 15 is 0 Å². The minimum Gasteiger partial charge on any atom is -0.396 e. The molecule has 0 aromatic heterocycles. The van der Waals surface area contributed by atoms with Gasteiger partial charge in [0, 0.05) is 12.1 Å². The van der Waals surface area contributed by atoms with E-state index in [2.05, 4.69) is 5.32 Å². The van der Waals surface area contributed by atoms with E-state index in [9.17, 15) is 9.18 Å². The van der Waals surface area contributed by atoms with E-state index in [4.69, 9.17) is 10.5 Å². The van der Waals surface area contributed by atoms with Gasteiger partial charge in [-0.05, 0) is 30.4 Å². The summed E-state index contributed by atoms with van der Waals surface area (Å²) in [5, 5.41) is 3.30. The molecular weight excluding hydrogens is 267 g/mol. The molecule has 4 nitrogen and oxygen atoms in total. The molecule has 0 saturated carbocycles. The summed E-state index contributed by atoms with van der Waals surface area (Å²) in [5.74, 6) is 0.404. The summed E-state index contributed by atoms with van der Waals surface area (Å²) >= 11 is 1.84. The second-order valence-electron chi connectivity index (χ2n) is 4.42. The van der Waals surface area contributed by atoms with Crippen molar-refractivity contribution in [1.82, 2.24) is 0 Å². The number of carbonyl (C=O) groups is 1. The molecule has 1 amide bonds. The second kappa shape index (κ2) is 6.77. The van der Waals surface area contributed by atoms with Crippen LogP contribution in [0, 0.1) is 5.82 Å². The molecule has 1 heterocycles. The van der Waals surface area contributed by atoms with Crippen LogP contribution in [0.1, 0.15) is 12.8 Å². The van der Waals surface area contributed by atoms with Gasteiger partial charge in [0.05, 0.1) is 24.2 Å². The van der Waals surface area contributed by atoms with Gasteiger partial charge in [0.25, 0.3) is 0 Å². The Hall–Kier alpha value is -1.27. The first-order valence-electron chi connectivity index (χ1n) is 6.19. The molecule has 1 aromatic rings. The summed E-state index contributed by atoms with van der Waals surface area (Å²) in [7, 11) is 0. The van der Waals surface area contributed by atoms with Gasteiger partial charge in [-0.25, -0.2) is 4.39 Å². The zero-order chi connectivity index (χ0) is 13.7. The van der Waals surface area contributed by atoms with Gasteiger partial charge in [-0.15, -0.1) is 0 Å². The van der Waals surface area contributed by atoms with Crippen molar-refractivity contribution in [3.8, 4) is 0 Å². The molecular formula is C13H17FN2O2S. The highest BCUT2D eigenvalue weighted by atomic mass is 32.2. The first kappa shape index (κ1) is 14.1. The number of nitrogens with two attached hydrogens (primary N) is 1. The van der Waals surface area contributed by atoms with Gasteiger partial charge in [-0.2, -0.15) is 11.8 Å². The molecule has 2 rings (SSSR count). The van der Waals surface area contributed by atoms with Crippen LogP contribution in [0.4, 0.5) is 15.8 Å². The zero-order valence-electron chi connectivity index (χ0n) is 10.5. The number of hydrogen-bond acceptors (Lipinski definition) is 4. The Morgan fingerprint density at radius 1 is 1.53 bits per heavy atom. The molecule has 104 valence electrons. The predicted molar refractivity (Wildman–Crippen MR) is 75.7 cm³/mol. The maximum atomic E-state index is 12.9. The topological polar surface area (TPSA) is 64.3 Å². The lowest BCUT2D eigenvalue weighted by Crippen LogP contribution is -2.30. The van der Waals surface area contributed by atoms with Crippen molar-refractivity contribution in [2.24, 2.45) is 0 Å². The standard InChI is InChI=1S/C13H17FN2O2S/c14-11-4-3-9(6-12(11)15)16-13(17)2-1-5-19-10-7-18-8-10/h3-4,6,10H,1-2,5,7-8,15H2,(H,16,17). The van der Waals surface area contributed by atoms with Crippen molar-refractivity contribution in [2.75, 3.05) is 30.0 Å². The van der Waals surface area contributed by atoms with Gasteiger partial charge in [-0.3, -0.25) is 4.79 Å². The third-order valence-corrected chi connectivity index (χ3v) is 4.06. The minimum absolute atomic E-state index is 0.0401. The van der Waals surface area contributed by atoms with Gasteiger partial charge in [0.2, 0.25) is 5.91 Å². The Kier molecular flexibility index (Phi) is 5.04. The number of benzene rings is 1. The molecule has 19 heavy (non-hydrogen) atoms. The summed E-state index contributed by atoms with van der Waals surface area (Å²) in [5.41, 5.74) is 6.00. The molecule has 0 unspecified atom stereocenters. The highest BCUT2D eigenvalue weighted by Gasteiger charge is 2.18. The molecule has 6 heteroatoms. The summed E-state index contributed by atoms with van der Waals surface area (Å²) in [6.45, 7) is 1.65. The van der Waals surface area contributed by atoms with Crippen molar-refractivity contribution in [3.05, 3.63) is 24.0 Å². The van der Waals surface area contributed by atoms with E-state index in [0.717, 1.165) is 25.4 Å². The van der Waals surface area contributed by atoms with Crippen LogP contribution in [0.25, 0.3) is 0 Å². The average molecular weight is 284 g/mol. The Morgan fingerprint density at radius 3 is 2.95 bits per heavy atom. The molecule has 1 aliphatic rings. The van der Waals surface area contributed by atoms with E-state index in [1.165, 1.54) is 18.2 Å². The lowest BCUT2D eigenvalue weighted by atomic mass is 10.2. The molecule has 1 aliphatic heterocycles. The Labute approximate surface area is 115 Å². The Morgan fingerprint density at radius 2 is 2.32 bits per heavy atom. The molecule has 1 aromatic carbocycles. The fourth-order valence-electron chi connectivity index (χ4n) is 1.64. The largest absolute Gasteiger partial charge is 0.396 e. The molecule has 0 atom stereocenters. The molecule has 1 saturated heterocycles. The summed E-state index contributed by atoms with van der Waals surface area (Å²) in [6, 6.07) is 4.18. The Balaban J connectivity index is 1.66. The zero-order valence-corrected chi connectivity index (χ0v) is 11.3. The number of amides is 1. The highest BCUT2D eigenvalue weighted by molar-refractivity contribution is 8.00. The van der Waals surface area contributed by atoms with Crippen LogP contribution in [0.5, 0.6) is 0 Å². The van der Waals surface area contributed by atoms with Crippen molar-refractivity contribution >= 4 is 29.0 Å². The van der Waals surface area contributed by atoms with E-state index in [1.807, 2.05) is 11.8 Å². The SMILES string of the molecule is Nc1cc(NC(=O)CCCSC2COC2)ccc1F. The highest BCUT2D eigenvalue weighted by Crippen LogP contribution is 2.20. The fourth-order valence-corrected chi connectivity index (χ4v) is 2.67. The summed E-state index contributed by atoms with van der Waals surface area (Å²) < 4.78 is 18.0. The number of ether oxygens (including phenoxy) is 1.